The van der Waals surface area contributed by atoms with Gasteiger partial charge in [0.05, 0.1) is 31.2 Å². The Balaban J connectivity index is 1.44. The molecule has 34 heavy (non-hydrogen) atoms. The number of piperidine rings is 1. The molecule has 0 atom stereocenters. The van der Waals surface area contributed by atoms with E-state index in [2.05, 4.69) is 31.7 Å². The van der Waals surface area contributed by atoms with Crippen molar-refractivity contribution < 1.29 is 13.2 Å². The normalized spacial score (nSPS) is 15.1. The van der Waals surface area contributed by atoms with Gasteiger partial charge in [-0.15, -0.1) is 0 Å². The van der Waals surface area contributed by atoms with Crippen LogP contribution in [0.15, 0.2) is 53.9 Å². The van der Waals surface area contributed by atoms with Crippen molar-refractivity contribution in [3.8, 4) is 11.6 Å². The molecular formula is C23H27N7O3S. The van der Waals surface area contributed by atoms with Crippen molar-refractivity contribution in [2.24, 2.45) is 13.0 Å². The average molecular weight is 482 g/mol. The van der Waals surface area contributed by atoms with Crippen LogP contribution in [0.1, 0.15) is 19.8 Å². The molecule has 1 aromatic carbocycles. The Kier molecular flexibility index (Phi) is 5.64. The zero-order chi connectivity index (χ0) is 23.9. The van der Waals surface area contributed by atoms with Crippen molar-refractivity contribution in [3.05, 3.63) is 49.1 Å². The number of hydrogen-bond donors (Lipinski definition) is 1. The summed E-state index contributed by atoms with van der Waals surface area (Å²) in [6.07, 6.45) is 8.48. The predicted molar refractivity (Wildman–Crippen MR) is 130 cm³/mol. The molecule has 1 aliphatic heterocycles. The van der Waals surface area contributed by atoms with E-state index < -0.39 is 10.0 Å². The third-order valence-electron chi connectivity index (χ3n) is 6.30. The zero-order valence-electron chi connectivity index (χ0n) is 19.3. The van der Waals surface area contributed by atoms with Crippen molar-refractivity contribution >= 4 is 32.3 Å². The van der Waals surface area contributed by atoms with E-state index in [9.17, 15) is 8.42 Å². The van der Waals surface area contributed by atoms with Crippen LogP contribution in [0, 0.1) is 5.92 Å². The van der Waals surface area contributed by atoms with E-state index in [0.29, 0.717) is 22.8 Å². The minimum Gasteiger partial charge on any atom is -0.494 e. The standard InChI is InChI=1S/C23H27N7O3S/c1-16-7-10-29(11-8-16)18-6-9-24-21(12-18)30-15-19(14-26-30)34(31,32)27-22-20(33-3)5-4-17-13-25-28(2)23(17)22/h4-6,9,12-16,27H,7-8,10-11H2,1-3H3. The molecule has 1 saturated heterocycles. The molecule has 0 amide bonds. The van der Waals surface area contributed by atoms with E-state index in [4.69, 9.17) is 4.74 Å². The van der Waals surface area contributed by atoms with Crippen LogP contribution in [0.4, 0.5) is 11.4 Å². The molecule has 0 saturated carbocycles. The highest BCUT2D eigenvalue weighted by molar-refractivity contribution is 7.92. The summed E-state index contributed by atoms with van der Waals surface area (Å²) in [6, 6.07) is 7.45. The fourth-order valence-corrected chi connectivity index (χ4v) is 5.29. The Bertz CT molecular complexity index is 1440. The first kappa shape index (κ1) is 22.2. The maximum absolute atomic E-state index is 13.3. The number of sulfonamides is 1. The van der Waals surface area contributed by atoms with Crippen LogP contribution in [0.2, 0.25) is 0 Å². The summed E-state index contributed by atoms with van der Waals surface area (Å²) in [7, 11) is -0.704. The van der Waals surface area contributed by atoms with Gasteiger partial charge >= 0.3 is 0 Å². The molecule has 4 aromatic rings. The number of benzene rings is 1. The van der Waals surface area contributed by atoms with Crippen molar-refractivity contribution in [2.75, 3.05) is 29.8 Å². The Labute approximate surface area is 198 Å². The molecule has 1 N–H and O–H groups in total. The fraction of sp³-hybridized carbons (Fsp3) is 0.348. The molecule has 0 unspecified atom stereocenters. The summed E-state index contributed by atoms with van der Waals surface area (Å²) >= 11 is 0. The first-order valence-electron chi connectivity index (χ1n) is 11.1. The van der Waals surface area contributed by atoms with E-state index in [0.717, 1.165) is 42.9 Å². The highest BCUT2D eigenvalue weighted by Gasteiger charge is 2.23. The van der Waals surface area contributed by atoms with Gasteiger partial charge in [0.2, 0.25) is 0 Å². The number of nitrogens with one attached hydrogen (secondary N) is 1. The number of aryl methyl sites for hydroxylation is 1. The Morgan fingerprint density at radius 2 is 1.91 bits per heavy atom. The summed E-state index contributed by atoms with van der Waals surface area (Å²) in [6.45, 7) is 4.27. The smallest absolute Gasteiger partial charge is 0.265 e. The molecule has 0 spiro atoms. The number of anilines is 2. The average Bonchev–Trinajstić information content (AvgIpc) is 3.48. The van der Waals surface area contributed by atoms with Crippen LogP contribution < -0.4 is 14.4 Å². The third-order valence-corrected chi connectivity index (χ3v) is 7.61. The second-order valence-electron chi connectivity index (χ2n) is 8.62. The van der Waals surface area contributed by atoms with Gasteiger partial charge in [-0.25, -0.2) is 18.1 Å². The van der Waals surface area contributed by atoms with E-state index in [-0.39, 0.29) is 4.90 Å². The zero-order valence-corrected chi connectivity index (χ0v) is 20.2. The first-order valence-corrected chi connectivity index (χ1v) is 12.6. The van der Waals surface area contributed by atoms with Crippen LogP contribution in [0.25, 0.3) is 16.7 Å². The van der Waals surface area contributed by atoms with Crippen LogP contribution >= 0.6 is 0 Å². The molecule has 5 rings (SSSR count). The van der Waals surface area contributed by atoms with Crippen molar-refractivity contribution in [3.63, 3.8) is 0 Å². The molecule has 10 nitrogen and oxygen atoms in total. The Hall–Kier alpha value is -3.60. The van der Waals surface area contributed by atoms with Crippen LogP contribution in [0.3, 0.4) is 0 Å². The quantitative estimate of drug-likeness (QED) is 0.451. The fourth-order valence-electron chi connectivity index (χ4n) is 4.28. The van der Waals surface area contributed by atoms with E-state index in [1.807, 2.05) is 18.2 Å². The lowest BCUT2D eigenvalue weighted by atomic mass is 9.99. The summed E-state index contributed by atoms with van der Waals surface area (Å²) in [5.74, 6) is 1.70. The molecule has 3 aromatic heterocycles. The number of fused-ring (bicyclic) bond motifs is 1. The Morgan fingerprint density at radius 3 is 2.68 bits per heavy atom. The highest BCUT2D eigenvalue weighted by atomic mass is 32.2. The predicted octanol–water partition coefficient (Wildman–Crippen LogP) is 3.20. The number of hydrogen-bond acceptors (Lipinski definition) is 7. The minimum atomic E-state index is -3.95. The van der Waals surface area contributed by atoms with E-state index in [1.54, 1.807) is 30.2 Å². The summed E-state index contributed by atoms with van der Waals surface area (Å²) in [5.41, 5.74) is 2.01. The largest absolute Gasteiger partial charge is 0.494 e. The highest BCUT2D eigenvalue weighted by Crippen LogP contribution is 2.34. The lowest BCUT2D eigenvalue weighted by Crippen LogP contribution is -2.32. The second kappa shape index (κ2) is 8.64. The molecule has 1 fully saturated rings. The minimum absolute atomic E-state index is 0.0210. The third kappa shape index (κ3) is 4.07. The molecule has 11 heteroatoms. The van der Waals surface area contributed by atoms with Gasteiger partial charge in [-0.2, -0.15) is 10.2 Å². The molecule has 0 bridgehead atoms. The number of rotatable bonds is 6. The topological polar surface area (TPSA) is 107 Å². The summed E-state index contributed by atoms with van der Waals surface area (Å²) in [5, 5.41) is 9.30. The number of nitrogens with zero attached hydrogens (tertiary/aromatic N) is 6. The van der Waals surface area contributed by atoms with Gasteiger partial charge in [0, 0.05) is 43.5 Å². The Morgan fingerprint density at radius 1 is 1.12 bits per heavy atom. The van der Waals surface area contributed by atoms with Crippen molar-refractivity contribution in [1.29, 1.82) is 0 Å². The van der Waals surface area contributed by atoms with Gasteiger partial charge in [0.15, 0.2) is 5.82 Å². The van der Waals surface area contributed by atoms with E-state index >= 15 is 0 Å². The van der Waals surface area contributed by atoms with Crippen molar-refractivity contribution in [1.82, 2.24) is 24.5 Å². The van der Waals surface area contributed by atoms with E-state index in [1.165, 1.54) is 24.2 Å². The molecule has 178 valence electrons. The van der Waals surface area contributed by atoms with Gasteiger partial charge in [-0.1, -0.05) is 6.92 Å². The summed E-state index contributed by atoms with van der Waals surface area (Å²) < 4.78 is 37.7. The number of ether oxygens (including phenoxy) is 1. The van der Waals surface area contributed by atoms with Gasteiger partial charge in [-0.05, 0) is 37.0 Å². The summed E-state index contributed by atoms with van der Waals surface area (Å²) in [4.78, 5) is 6.75. The monoisotopic (exact) mass is 481 g/mol. The lowest BCUT2D eigenvalue weighted by molar-refractivity contribution is 0.417. The van der Waals surface area contributed by atoms with Crippen LogP contribution in [0.5, 0.6) is 5.75 Å². The molecule has 0 aliphatic carbocycles. The number of methoxy groups -OCH3 is 1. The van der Waals surface area contributed by atoms with Crippen LogP contribution in [-0.2, 0) is 17.1 Å². The molecular weight excluding hydrogens is 454 g/mol. The number of pyridine rings is 1. The van der Waals surface area contributed by atoms with Crippen LogP contribution in [-0.4, -0.2) is 53.2 Å². The maximum atomic E-state index is 13.3. The lowest BCUT2D eigenvalue weighted by Gasteiger charge is -2.32. The van der Waals surface area contributed by atoms with Crippen molar-refractivity contribution in [2.45, 2.75) is 24.7 Å². The van der Waals surface area contributed by atoms with Gasteiger partial charge in [0.1, 0.15) is 16.3 Å². The molecule has 0 radical (unpaired) electrons. The molecule has 4 heterocycles. The first-order chi connectivity index (χ1) is 16.4. The van der Waals surface area contributed by atoms with Gasteiger partial charge < -0.3 is 9.64 Å². The second-order valence-corrected chi connectivity index (χ2v) is 10.3. The molecule has 1 aliphatic rings. The maximum Gasteiger partial charge on any atom is 0.265 e. The SMILES string of the molecule is COc1ccc2cnn(C)c2c1NS(=O)(=O)c1cnn(-c2cc(N3CCC(C)CC3)ccn2)c1. The van der Waals surface area contributed by atoms with Gasteiger partial charge in [0.25, 0.3) is 10.0 Å². The van der Waals surface area contributed by atoms with Gasteiger partial charge in [-0.3, -0.25) is 9.40 Å². The number of aromatic nitrogens is 5.